The molecule has 1 aliphatic heterocycles. The standard InChI is InChI=1S/C10H13BN2/c1-10(2)5-3-4-9-8(6-10)7-13(11)12-9/h3-6,12H,7H2,1-2H3. The molecule has 0 amide bonds. The van der Waals surface area contributed by atoms with E-state index in [9.17, 15) is 0 Å². The van der Waals surface area contributed by atoms with Gasteiger partial charge >= 0.3 is 0 Å². The van der Waals surface area contributed by atoms with Gasteiger partial charge in [0.1, 0.15) is 0 Å². The third kappa shape index (κ3) is 1.70. The molecule has 1 heterocycles. The van der Waals surface area contributed by atoms with E-state index < -0.39 is 0 Å². The summed E-state index contributed by atoms with van der Waals surface area (Å²) in [5, 5.41) is 0. The molecule has 0 spiro atoms. The summed E-state index contributed by atoms with van der Waals surface area (Å²) in [4.78, 5) is 1.60. The maximum Gasteiger partial charge on any atom is 0.215 e. The van der Waals surface area contributed by atoms with E-state index >= 15 is 0 Å². The van der Waals surface area contributed by atoms with E-state index in [-0.39, 0.29) is 5.41 Å². The van der Waals surface area contributed by atoms with Gasteiger partial charge in [-0.2, -0.15) is 0 Å². The fourth-order valence-corrected chi connectivity index (χ4v) is 1.69. The molecule has 1 fully saturated rings. The number of hydrogen-bond acceptors (Lipinski definition) is 2. The number of fused-ring (bicyclic) bond motifs is 1. The molecule has 0 bridgehead atoms. The largest absolute Gasteiger partial charge is 0.330 e. The second-order valence-corrected chi connectivity index (χ2v) is 4.17. The molecular formula is C10H13BN2. The lowest BCUT2D eigenvalue weighted by molar-refractivity contribution is 0.462. The molecule has 13 heavy (non-hydrogen) atoms. The lowest BCUT2D eigenvalue weighted by Crippen LogP contribution is -2.26. The fraction of sp³-hybridized carbons (Fsp3) is 0.400. The first-order valence-corrected chi connectivity index (χ1v) is 4.47. The van der Waals surface area contributed by atoms with Crippen LogP contribution in [0.2, 0.25) is 0 Å². The van der Waals surface area contributed by atoms with Gasteiger partial charge in [0.15, 0.2) is 0 Å². The van der Waals surface area contributed by atoms with Gasteiger partial charge in [0.2, 0.25) is 7.98 Å². The van der Waals surface area contributed by atoms with Crippen LogP contribution in [0.5, 0.6) is 0 Å². The lowest BCUT2D eigenvalue weighted by Gasteiger charge is -2.14. The van der Waals surface area contributed by atoms with Crippen molar-refractivity contribution in [2.75, 3.05) is 6.54 Å². The van der Waals surface area contributed by atoms with E-state index in [1.165, 1.54) is 5.57 Å². The average molecular weight is 172 g/mol. The number of allylic oxidation sites excluding steroid dienone is 4. The van der Waals surface area contributed by atoms with Gasteiger partial charge in [-0.25, -0.2) is 0 Å². The quantitative estimate of drug-likeness (QED) is 0.554. The minimum Gasteiger partial charge on any atom is -0.330 e. The Morgan fingerprint density at radius 3 is 3.08 bits per heavy atom. The molecule has 1 N–H and O–H groups in total. The van der Waals surface area contributed by atoms with Crippen LogP contribution in [0.25, 0.3) is 0 Å². The third-order valence-corrected chi connectivity index (χ3v) is 2.29. The van der Waals surface area contributed by atoms with E-state index in [2.05, 4.69) is 43.6 Å². The maximum absolute atomic E-state index is 5.65. The molecule has 0 atom stereocenters. The molecule has 2 rings (SSSR count). The second kappa shape index (κ2) is 2.77. The molecule has 0 aromatic rings. The number of rotatable bonds is 0. The monoisotopic (exact) mass is 172 g/mol. The molecule has 0 aromatic carbocycles. The van der Waals surface area contributed by atoms with Gasteiger partial charge in [0, 0.05) is 12.0 Å². The number of hydrazine groups is 1. The van der Waals surface area contributed by atoms with Crippen LogP contribution in [0.3, 0.4) is 0 Å². The summed E-state index contributed by atoms with van der Waals surface area (Å²) < 4.78 is 0. The summed E-state index contributed by atoms with van der Waals surface area (Å²) in [6.45, 7) is 5.15. The number of hydrogen-bond donors (Lipinski definition) is 1. The second-order valence-electron chi connectivity index (χ2n) is 4.17. The van der Waals surface area contributed by atoms with Crippen molar-refractivity contribution in [1.29, 1.82) is 0 Å². The Hall–Kier alpha value is -0.955. The van der Waals surface area contributed by atoms with E-state index in [4.69, 9.17) is 7.98 Å². The van der Waals surface area contributed by atoms with Gasteiger partial charge in [0.05, 0.1) is 5.70 Å². The summed E-state index contributed by atoms with van der Waals surface area (Å²) >= 11 is 0. The molecule has 0 unspecified atom stereocenters. The summed E-state index contributed by atoms with van der Waals surface area (Å²) in [7, 11) is 5.65. The van der Waals surface area contributed by atoms with Crippen molar-refractivity contribution in [3.8, 4) is 0 Å². The summed E-state index contributed by atoms with van der Waals surface area (Å²) in [6.07, 6.45) is 8.58. The molecule has 66 valence electrons. The van der Waals surface area contributed by atoms with Crippen molar-refractivity contribution < 1.29 is 0 Å². The minimum atomic E-state index is 0.125. The molecule has 2 radical (unpaired) electrons. The first-order valence-electron chi connectivity index (χ1n) is 4.47. The molecule has 1 aliphatic carbocycles. The SMILES string of the molecule is [B]N1CC2=CC(C)(C)C=CC=C2N1. The van der Waals surface area contributed by atoms with Crippen molar-refractivity contribution in [1.82, 2.24) is 10.3 Å². The van der Waals surface area contributed by atoms with Gasteiger partial charge in [0.25, 0.3) is 0 Å². The predicted octanol–water partition coefficient (Wildman–Crippen LogP) is 1.30. The van der Waals surface area contributed by atoms with Crippen molar-refractivity contribution in [3.05, 3.63) is 35.6 Å². The van der Waals surface area contributed by atoms with Crippen molar-refractivity contribution in [3.63, 3.8) is 0 Å². The molecule has 3 heteroatoms. The predicted molar refractivity (Wildman–Crippen MR) is 54.7 cm³/mol. The van der Waals surface area contributed by atoms with Crippen molar-refractivity contribution >= 4 is 7.98 Å². The number of nitrogens with zero attached hydrogens (tertiary/aromatic N) is 1. The first kappa shape index (κ1) is 8.63. The van der Waals surface area contributed by atoms with Crippen LogP contribution in [-0.4, -0.2) is 19.4 Å². The summed E-state index contributed by atoms with van der Waals surface area (Å²) in [6, 6.07) is 0. The van der Waals surface area contributed by atoms with Crippen LogP contribution in [0, 0.1) is 5.41 Å². The fourth-order valence-electron chi connectivity index (χ4n) is 1.69. The van der Waals surface area contributed by atoms with E-state index in [1.54, 1.807) is 4.92 Å². The number of nitrogens with one attached hydrogen (secondary N) is 1. The summed E-state index contributed by atoms with van der Waals surface area (Å²) in [5.41, 5.74) is 5.60. The van der Waals surface area contributed by atoms with Crippen molar-refractivity contribution in [2.45, 2.75) is 13.8 Å². The van der Waals surface area contributed by atoms with Crippen LogP contribution in [0.1, 0.15) is 13.8 Å². The summed E-state index contributed by atoms with van der Waals surface area (Å²) in [5.74, 6) is 0. The zero-order valence-electron chi connectivity index (χ0n) is 8.04. The molecule has 0 saturated carbocycles. The van der Waals surface area contributed by atoms with Crippen LogP contribution in [-0.2, 0) is 0 Å². The highest BCUT2D eigenvalue weighted by Gasteiger charge is 2.22. The third-order valence-electron chi connectivity index (χ3n) is 2.29. The Bertz CT molecular complexity index is 313. The highest BCUT2D eigenvalue weighted by molar-refractivity contribution is 6.04. The molecule has 2 nitrogen and oxygen atoms in total. The zero-order chi connectivity index (χ0) is 9.47. The Labute approximate surface area is 80.4 Å². The van der Waals surface area contributed by atoms with Crippen LogP contribution in [0.15, 0.2) is 35.6 Å². The maximum atomic E-state index is 5.65. The Morgan fingerprint density at radius 1 is 1.54 bits per heavy atom. The van der Waals surface area contributed by atoms with Crippen LogP contribution in [0.4, 0.5) is 0 Å². The van der Waals surface area contributed by atoms with Gasteiger partial charge < -0.3 is 5.43 Å². The normalized spacial score (nSPS) is 25.7. The minimum absolute atomic E-state index is 0.125. The Balaban J connectivity index is 2.37. The average Bonchev–Trinajstić information content (AvgIpc) is 2.23. The molecular weight excluding hydrogens is 159 g/mol. The van der Waals surface area contributed by atoms with Gasteiger partial charge in [-0.1, -0.05) is 32.1 Å². The smallest absolute Gasteiger partial charge is 0.215 e. The zero-order valence-corrected chi connectivity index (χ0v) is 8.04. The molecule has 0 aromatic heterocycles. The topological polar surface area (TPSA) is 15.3 Å². The van der Waals surface area contributed by atoms with Crippen LogP contribution >= 0.6 is 0 Å². The molecule has 2 aliphatic rings. The van der Waals surface area contributed by atoms with Gasteiger partial charge in [-0.3, -0.25) is 4.92 Å². The van der Waals surface area contributed by atoms with Crippen molar-refractivity contribution in [2.24, 2.45) is 5.41 Å². The lowest BCUT2D eigenvalue weighted by atomic mass is 9.91. The highest BCUT2D eigenvalue weighted by Crippen LogP contribution is 2.28. The van der Waals surface area contributed by atoms with Gasteiger partial charge in [-0.05, 0) is 11.6 Å². The first-order chi connectivity index (χ1) is 6.07. The highest BCUT2D eigenvalue weighted by atomic mass is 15.5. The van der Waals surface area contributed by atoms with Crippen LogP contribution < -0.4 is 5.43 Å². The van der Waals surface area contributed by atoms with E-state index in [0.717, 1.165) is 12.2 Å². The Kier molecular flexibility index (Phi) is 1.84. The van der Waals surface area contributed by atoms with E-state index in [0.29, 0.717) is 0 Å². The Morgan fingerprint density at radius 2 is 2.31 bits per heavy atom. The van der Waals surface area contributed by atoms with E-state index in [1.807, 2.05) is 0 Å². The van der Waals surface area contributed by atoms with Gasteiger partial charge in [-0.15, -0.1) is 0 Å². The molecule has 1 saturated heterocycles.